The maximum absolute atomic E-state index is 13.3. The lowest BCUT2D eigenvalue weighted by molar-refractivity contribution is -0.122. The van der Waals surface area contributed by atoms with Crippen LogP contribution in [0, 0.1) is 0 Å². The van der Waals surface area contributed by atoms with E-state index in [0.29, 0.717) is 43.2 Å². The van der Waals surface area contributed by atoms with Crippen LogP contribution in [0.25, 0.3) is 0 Å². The average Bonchev–Trinajstić information content (AvgIpc) is 2.87. The summed E-state index contributed by atoms with van der Waals surface area (Å²) in [4.78, 5) is 26.3. The Balaban J connectivity index is 1.77. The molecule has 0 fully saturated rings. The Labute approximate surface area is 207 Å². The molecule has 1 unspecified atom stereocenters. The number of carbonyl (C=O) groups is 2. The van der Waals surface area contributed by atoms with Crippen LogP contribution in [0.2, 0.25) is 0 Å². The van der Waals surface area contributed by atoms with Crippen molar-refractivity contribution in [3.05, 3.63) is 65.2 Å². The fraction of sp³-hybridized carbons (Fsp3) is 0.462. The van der Waals surface area contributed by atoms with Gasteiger partial charge in [0.15, 0.2) is 0 Å². The van der Waals surface area contributed by atoms with Gasteiger partial charge in [-0.1, -0.05) is 55.8 Å². The molecule has 3 rings (SSSR count). The molecule has 0 bridgehead atoms. The summed E-state index contributed by atoms with van der Waals surface area (Å²) < 4.78 is 5.93. The molecule has 5 N–H and O–H groups in total. The van der Waals surface area contributed by atoms with Crippen LogP contribution in [-0.2, 0) is 11.2 Å². The van der Waals surface area contributed by atoms with Crippen molar-refractivity contribution in [2.24, 2.45) is 5.73 Å². The maximum atomic E-state index is 13.3. The van der Waals surface area contributed by atoms with Crippen molar-refractivity contribution in [1.82, 2.24) is 16.0 Å². The second-order valence-corrected chi connectivity index (χ2v) is 8.99. The van der Waals surface area contributed by atoms with E-state index >= 15 is 0 Å². The van der Waals surface area contributed by atoms with E-state index in [2.05, 4.69) is 35.5 Å². The van der Waals surface area contributed by atoms with Crippen molar-refractivity contribution in [1.29, 1.82) is 0 Å². The van der Waals surface area contributed by atoms with Crippen molar-refractivity contribution < 1.29 is 14.3 Å². The summed E-state index contributed by atoms with van der Waals surface area (Å²) in [7, 11) is 0. The van der Waals surface area contributed by atoms with Crippen LogP contribution in [0.4, 0.5) is 0 Å². The molecule has 1 heterocycles. The predicted molar refractivity (Wildman–Crippen MR) is 138 cm³/mol. The lowest BCUT2D eigenvalue weighted by Crippen LogP contribution is -2.48. The van der Waals surface area contributed by atoms with Gasteiger partial charge in [0, 0.05) is 49.3 Å². The minimum Gasteiger partial charge on any atom is -0.492 e. The van der Waals surface area contributed by atoms with Crippen LogP contribution < -0.4 is 26.4 Å². The number of thiol groups is 1. The molecule has 184 valence electrons. The van der Waals surface area contributed by atoms with Gasteiger partial charge in [0.25, 0.3) is 5.91 Å². The fourth-order valence-corrected chi connectivity index (χ4v) is 4.11. The number of ether oxygens (including phenoxy) is 1. The lowest BCUT2D eigenvalue weighted by Gasteiger charge is -2.29. The lowest BCUT2D eigenvalue weighted by atomic mass is 9.96. The molecule has 1 aliphatic heterocycles. The molecule has 2 aromatic rings. The highest BCUT2D eigenvalue weighted by Gasteiger charge is 2.28. The molecule has 2 aromatic carbocycles. The van der Waals surface area contributed by atoms with E-state index in [4.69, 9.17) is 10.5 Å². The van der Waals surface area contributed by atoms with Crippen molar-refractivity contribution in [3.8, 4) is 5.75 Å². The van der Waals surface area contributed by atoms with E-state index in [-0.39, 0.29) is 23.9 Å². The number of amides is 2. The van der Waals surface area contributed by atoms with E-state index in [0.717, 1.165) is 30.4 Å². The highest BCUT2D eigenvalue weighted by molar-refractivity contribution is 7.80. The minimum atomic E-state index is -0.687. The third kappa shape index (κ3) is 7.22. The van der Waals surface area contributed by atoms with Crippen LogP contribution >= 0.6 is 12.6 Å². The van der Waals surface area contributed by atoms with Gasteiger partial charge in [-0.2, -0.15) is 12.6 Å². The zero-order valence-corrected chi connectivity index (χ0v) is 20.7. The Kier molecular flexibility index (Phi) is 10.2. The summed E-state index contributed by atoms with van der Waals surface area (Å²) in [5.41, 5.74) is 8.35. The average molecular weight is 485 g/mol. The summed E-state index contributed by atoms with van der Waals surface area (Å²) in [6.07, 6.45) is 3.07. The quantitative estimate of drug-likeness (QED) is 0.235. The number of nitrogens with two attached hydrogens (primary N) is 1. The second kappa shape index (κ2) is 13.4. The number of unbranched alkanes of at least 4 members (excludes halogenated alkanes) is 1. The molecule has 0 spiro atoms. The summed E-state index contributed by atoms with van der Waals surface area (Å²) in [5, 5.41) is 9.37. The number of carbonyl (C=O) groups excluding carboxylic acids is 2. The van der Waals surface area contributed by atoms with Gasteiger partial charge in [-0.05, 0) is 18.1 Å². The van der Waals surface area contributed by atoms with Gasteiger partial charge in [-0.3, -0.25) is 9.59 Å². The molecule has 2 amide bonds. The zero-order chi connectivity index (χ0) is 24.3. The monoisotopic (exact) mass is 484 g/mol. The number of nitrogens with one attached hydrogen (secondary N) is 3. The maximum Gasteiger partial charge on any atom is 0.255 e. The minimum absolute atomic E-state index is 0.0416. The van der Waals surface area contributed by atoms with E-state index < -0.39 is 6.04 Å². The van der Waals surface area contributed by atoms with Crippen molar-refractivity contribution in [3.63, 3.8) is 0 Å². The SMILES string of the molecule is CCCCNC(=O)[C@H](Cc1ccccc1)NC(=O)c1cccc2c1OCCC2NC[C@@H](N)CS. The number of benzene rings is 2. The molecule has 0 aromatic heterocycles. The topological polar surface area (TPSA) is 105 Å². The van der Waals surface area contributed by atoms with Gasteiger partial charge in [0.05, 0.1) is 12.2 Å². The number of rotatable bonds is 12. The van der Waals surface area contributed by atoms with Crippen LogP contribution in [0.3, 0.4) is 0 Å². The van der Waals surface area contributed by atoms with Gasteiger partial charge >= 0.3 is 0 Å². The Morgan fingerprint density at radius 2 is 1.97 bits per heavy atom. The van der Waals surface area contributed by atoms with E-state index in [1.54, 1.807) is 6.07 Å². The summed E-state index contributed by atoms with van der Waals surface area (Å²) in [5.74, 6) is 0.648. The molecule has 0 saturated carbocycles. The first-order valence-electron chi connectivity index (χ1n) is 12.0. The first kappa shape index (κ1) is 26.1. The van der Waals surface area contributed by atoms with Crippen molar-refractivity contribution in [2.45, 2.75) is 50.7 Å². The molecule has 3 atom stereocenters. The smallest absolute Gasteiger partial charge is 0.255 e. The van der Waals surface area contributed by atoms with Crippen LogP contribution in [0.1, 0.15) is 53.7 Å². The Bertz CT molecular complexity index is 941. The van der Waals surface area contributed by atoms with Gasteiger partial charge < -0.3 is 26.4 Å². The summed E-state index contributed by atoms with van der Waals surface area (Å²) in [6.45, 7) is 3.78. The number of hydrogen-bond donors (Lipinski definition) is 5. The number of para-hydroxylation sites is 1. The Morgan fingerprint density at radius 3 is 2.71 bits per heavy atom. The standard InChI is InChI=1S/C26H36N4O3S/c1-2-3-13-28-26(32)23(15-18-8-5-4-6-9-18)30-25(31)21-11-7-10-20-22(12-14-33-24(20)21)29-16-19(27)17-34/h4-11,19,22-23,29,34H,2-3,12-17,27H2,1H3,(H,28,32)(H,30,31)/t19-,22?,23+/m1/s1. The zero-order valence-electron chi connectivity index (χ0n) is 19.8. The van der Waals surface area contributed by atoms with Crippen LogP contribution in [-0.4, -0.2) is 49.3 Å². The van der Waals surface area contributed by atoms with Crippen LogP contribution in [0.5, 0.6) is 5.75 Å². The van der Waals surface area contributed by atoms with Gasteiger partial charge in [0.1, 0.15) is 11.8 Å². The fourth-order valence-electron chi connectivity index (χ4n) is 3.98. The van der Waals surface area contributed by atoms with Gasteiger partial charge in [-0.25, -0.2) is 0 Å². The second-order valence-electron chi connectivity index (χ2n) is 8.62. The molecule has 0 radical (unpaired) electrons. The van der Waals surface area contributed by atoms with Gasteiger partial charge in [-0.15, -0.1) is 0 Å². The highest BCUT2D eigenvalue weighted by atomic mass is 32.1. The number of fused-ring (bicyclic) bond motifs is 1. The summed E-state index contributed by atoms with van der Waals surface area (Å²) in [6, 6.07) is 14.6. The van der Waals surface area contributed by atoms with Crippen molar-refractivity contribution in [2.75, 3.05) is 25.4 Å². The highest BCUT2D eigenvalue weighted by Crippen LogP contribution is 2.35. The third-order valence-corrected chi connectivity index (χ3v) is 6.38. The molecule has 0 saturated heterocycles. The third-order valence-electron chi connectivity index (χ3n) is 5.91. The van der Waals surface area contributed by atoms with E-state index in [9.17, 15) is 9.59 Å². The first-order chi connectivity index (χ1) is 16.5. The normalized spacial score (nSPS) is 16.6. The van der Waals surface area contributed by atoms with Crippen molar-refractivity contribution >= 4 is 24.4 Å². The Morgan fingerprint density at radius 1 is 1.18 bits per heavy atom. The predicted octanol–water partition coefficient (Wildman–Crippen LogP) is 2.61. The number of hydrogen-bond acceptors (Lipinski definition) is 6. The largest absolute Gasteiger partial charge is 0.492 e. The van der Waals surface area contributed by atoms with E-state index in [1.165, 1.54) is 0 Å². The molecule has 1 aliphatic rings. The summed E-state index contributed by atoms with van der Waals surface area (Å²) >= 11 is 4.25. The molecule has 8 heteroatoms. The van der Waals surface area contributed by atoms with Crippen LogP contribution in [0.15, 0.2) is 48.5 Å². The van der Waals surface area contributed by atoms with E-state index in [1.807, 2.05) is 42.5 Å². The molecule has 34 heavy (non-hydrogen) atoms. The van der Waals surface area contributed by atoms with Gasteiger partial charge in [0.2, 0.25) is 5.91 Å². The molecule has 7 nitrogen and oxygen atoms in total. The molecular formula is C26H36N4O3S. The Hall–Kier alpha value is -2.55. The molecular weight excluding hydrogens is 448 g/mol. The first-order valence-corrected chi connectivity index (χ1v) is 12.6. The molecule has 0 aliphatic carbocycles.